The Morgan fingerprint density at radius 2 is 1.69 bits per heavy atom. The smallest absolute Gasteiger partial charge is 0.133 e. The molecule has 0 amide bonds. The number of hydrogen-bond donors (Lipinski definition) is 3. The highest BCUT2D eigenvalue weighted by molar-refractivity contribution is 5.80. The molecule has 0 aromatic heterocycles. The molecule has 4 heteroatoms. The molecular formula is C22H34O4. The summed E-state index contributed by atoms with van der Waals surface area (Å²) < 4.78 is 0. The SMILES string of the molecule is CC(=O)[C@H]1CC[C@@]2(O)[C@]3(O)CC=C4C[C@@H](C)CC[C@]4(C)[C@@]3(O)CC[C@]12C. The Morgan fingerprint density at radius 3 is 2.35 bits per heavy atom. The van der Waals surface area contributed by atoms with Crippen molar-refractivity contribution in [2.75, 3.05) is 0 Å². The lowest BCUT2D eigenvalue weighted by Gasteiger charge is -2.69. The van der Waals surface area contributed by atoms with E-state index in [4.69, 9.17) is 0 Å². The van der Waals surface area contributed by atoms with Crippen molar-refractivity contribution in [3.63, 3.8) is 0 Å². The largest absolute Gasteiger partial charge is 0.386 e. The van der Waals surface area contributed by atoms with Crippen LogP contribution in [-0.2, 0) is 4.79 Å². The van der Waals surface area contributed by atoms with Crippen LogP contribution in [-0.4, -0.2) is 37.9 Å². The van der Waals surface area contributed by atoms with Crippen molar-refractivity contribution < 1.29 is 20.1 Å². The van der Waals surface area contributed by atoms with E-state index >= 15 is 0 Å². The Kier molecular flexibility index (Phi) is 3.74. The van der Waals surface area contributed by atoms with Crippen molar-refractivity contribution >= 4 is 5.78 Å². The molecule has 3 N–H and O–H groups in total. The lowest BCUT2D eigenvalue weighted by molar-refractivity contribution is -0.333. The van der Waals surface area contributed by atoms with Crippen LogP contribution in [0.4, 0.5) is 0 Å². The summed E-state index contributed by atoms with van der Waals surface area (Å²) in [6.45, 7) is 7.87. The molecule has 0 spiro atoms. The molecule has 146 valence electrons. The number of hydrogen-bond acceptors (Lipinski definition) is 4. The molecule has 3 saturated carbocycles. The number of carbonyl (C=O) groups is 1. The molecule has 0 bridgehead atoms. The van der Waals surface area contributed by atoms with Crippen molar-refractivity contribution in [2.45, 2.75) is 95.9 Å². The molecule has 26 heavy (non-hydrogen) atoms. The zero-order valence-electron chi connectivity index (χ0n) is 16.6. The Balaban J connectivity index is 1.86. The van der Waals surface area contributed by atoms with Crippen LogP contribution in [0.25, 0.3) is 0 Å². The molecule has 0 heterocycles. The molecule has 0 saturated heterocycles. The van der Waals surface area contributed by atoms with Gasteiger partial charge >= 0.3 is 0 Å². The van der Waals surface area contributed by atoms with Gasteiger partial charge in [-0.15, -0.1) is 0 Å². The molecule has 3 fully saturated rings. The van der Waals surface area contributed by atoms with Gasteiger partial charge < -0.3 is 15.3 Å². The van der Waals surface area contributed by atoms with Crippen LogP contribution in [0.1, 0.15) is 79.1 Å². The molecule has 0 aromatic carbocycles. The zero-order valence-corrected chi connectivity index (χ0v) is 16.6. The van der Waals surface area contributed by atoms with Crippen molar-refractivity contribution in [1.82, 2.24) is 0 Å². The van der Waals surface area contributed by atoms with E-state index in [0.29, 0.717) is 31.6 Å². The maximum absolute atomic E-state index is 12.3. The summed E-state index contributed by atoms with van der Waals surface area (Å²) in [5, 5.41) is 35.8. The Hall–Kier alpha value is -0.710. The summed E-state index contributed by atoms with van der Waals surface area (Å²) in [7, 11) is 0. The molecule has 4 rings (SSSR count). The van der Waals surface area contributed by atoms with Gasteiger partial charge in [-0.3, -0.25) is 4.79 Å². The molecule has 4 aliphatic rings. The van der Waals surface area contributed by atoms with E-state index in [2.05, 4.69) is 19.9 Å². The summed E-state index contributed by atoms with van der Waals surface area (Å²) in [6.07, 6.45) is 7.17. The van der Waals surface area contributed by atoms with Crippen LogP contribution in [0, 0.1) is 22.7 Å². The lowest BCUT2D eigenvalue weighted by Crippen LogP contribution is -2.80. The first-order chi connectivity index (χ1) is 12.0. The predicted molar refractivity (Wildman–Crippen MR) is 99.4 cm³/mol. The fourth-order valence-corrected chi connectivity index (χ4v) is 7.47. The molecule has 4 aliphatic carbocycles. The second kappa shape index (κ2) is 5.21. The maximum atomic E-state index is 12.3. The van der Waals surface area contributed by atoms with Crippen LogP contribution >= 0.6 is 0 Å². The third-order valence-corrected chi connectivity index (χ3v) is 9.34. The molecule has 7 atom stereocenters. The second-order valence-electron chi connectivity index (χ2n) is 10.3. The molecule has 0 radical (unpaired) electrons. The van der Waals surface area contributed by atoms with Crippen LogP contribution in [0.2, 0.25) is 0 Å². The van der Waals surface area contributed by atoms with Gasteiger partial charge in [-0.25, -0.2) is 0 Å². The van der Waals surface area contributed by atoms with E-state index < -0.39 is 27.6 Å². The zero-order chi connectivity index (χ0) is 19.2. The molecular weight excluding hydrogens is 328 g/mol. The Labute approximate surface area is 156 Å². The van der Waals surface area contributed by atoms with Gasteiger partial charge in [-0.2, -0.15) is 0 Å². The first kappa shape index (κ1) is 18.6. The first-order valence-corrected chi connectivity index (χ1v) is 10.3. The van der Waals surface area contributed by atoms with Gasteiger partial charge in [-0.05, 0) is 57.8 Å². The molecule has 0 aromatic rings. The predicted octanol–water partition coefficient (Wildman–Crippen LogP) is 3.14. The van der Waals surface area contributed by atoms with Gasteiger partial charge in [0.15, 0.2) is 0 Å². The molecule has 4 nitrogen and oxygen atoms in total. The Bertz CT molecular complexity index is 686. The van der Waals surface area contributed by atoms with E-state index in [1.807, 2.05) is 6.92 Å². The average Bonchev–Trinajstić information content (AvgIpc) is 2.85. The normalized spacial score (nSPS) is 56.2. The van der Waals surface area contributed by atoms with E-state index in [-0.39, 0.29) is 18.1 Å². The number of carbonyl (C=O) groups excluding carboxylic acids is 1. The third-order valence-electron chi connectivity index (χ3n) is 9.34. The van der Waals surface area contributed by atoms with E-state index in [9.17, 15) is 20.1 Å². The van der Waals surface area contributed by atoms with Gasteiger partial charge in [-0.1, -0.05) is 32.4 Å². The van der Waals surface area contributed by atoms with Crippen molar-refractivity contribution in [1.29, 1.82) is 0 Å². The van der Waals surface area contributed by atoms with E-state index in [0.717, 1.165) is 19.3 Å². The minimum atomic E-state index is -1.60. The summed E-state index contributed by atoms with van der Waals surface area (Å²) in [5.41, 5.74) is -4.31. The number of fused-ring (bicyclic) bond motifs is 5. The average molecular weight is 363 g/mol. The van der Waals surface area contributed by atoms with Gasteiger partial charge in [0, 0.05) is 23.2 Å². The van der Waals surface area contributed by atoms with Gasteiger partial charge in [0.05, 0.1) is 0 Å². The number of Topliss-reactive ketones (excluding diaryl/α,β-unsaturated/α-hetero) is 1. The summed E-state index contributed by atoms with van der Waals surface area (Å²) in [6, 6.07) is 0. The van der Waals surface area contributed by atoms with Crippen molar-refractivity contribution in [3.05, 3.63) is 11.6 Å². The van der Waals surface area contributed by atoms with Gasteiger partial charge in [0.2, 0.25) is 0 Å². The van der Waals surface area contributed by atoms with Crippen molar-refractivity contribution in [3.8, 4) is 0 Å². The highest BCUT2D eigenvalue weighted by Crippen LogP contribution is 2.71. The third kappa shape index (κ3) is 1.80. The van der Waals surface area contributed by atoms with E-state index in [1.54, 1.807) is 6.92 Å². The molecule has 0 aliphatic heterocycles. The highest BCUT2D eigenvalue weighted by atomic mass is 16.4. The van der Waals surface area contributed by atoms with Crippen LogP contribution in [0.5, 0.6) is 0 Å². The van der Waals surface area contributed by atoms with Crippen LogP contribution < -0.4 is 0 Å². The standard InChI is InChI=1S/C22H34O4/c1-14-5-8-18(3)16(13-14)6-9-22(26)20(24)10-7-17(15(2)23)19(20,4)11-12-21(18,22)25/h6,14,17,24-26H,5,7-13H2,1-4H3/t14-,17+,18-,19+,20-,21-,22+/m0/s1. The fraction of sp³-hybridized carbons (Fsp3) is 0.864. The highest BCUT2D eigenvalue weighted by Gasteiger charge is 2.78. The number of aliphatic hydroxyl groups is 3. The lowest BCUT2D eigenvalue weighted by atomic mass is 9.41. The summed E-state index contributed by atoms with van der Waals surface area (Å²) in [4.78, 5) is 12.3. The van der Waals surface area contributed by atoms with Gasteiger partial charge in [0.25, 0.3) is 0 Å². The molecule has 0 unspecified atom stereocenters. The minimum Gasteiger partial charge on any atom is -0.386 e. The number of rotatable bonds is 1. The monoisotopic (exact) mass is 362 g/mol. The minimum absolute atomic E-state index is 0.0854. The Morgan fingerprint density at radius 1 is 1.00 bits per heavy atom. The van der Waals surface area contributed by atoms with E-state index in [1.165, 1.54) is 5.57 Å². The number of ketones is 1. The van der Waals surface area contributed by atoms with Gasteiger partial charge in [0.1, 0.15) is 22.6 Å². The topological polar surface area (TPSA) is 77.8 Å². The summed E-state index contributed by atoms with van der Waals surface area (Å²) >= 11 is 0. The van der Waals surface area contributed by atoms with Crippen molar-refractivity contribution in [2.24, 2.45) is 22.7 Å². The maximum Gasteiger partial charge on any atom is 0.133 e. The second-order valence-corrected chi connectivity index (χ2v) is 10.3. The van der Waals surface area contributed by atoms with Crippen LogP contribution in [0.15, 0.2) is 11.6 Å². The first-order valence-electron chi connectivity index (χ1n) is 10.3. The summed E-state index contributed by atoms with van der Waals surface area (Å²) in [5.74, 6) is 0.433. The fourth-order valence-electron chi connectivity index (χ4n) is 7.47. The van der Waals surface area contributed by atoms with Crippen LogP contribution in [0.3, 0.4) is 0 Å². The quantitative estimate of drug-likeness (QED) is 0.626.